The van der Waals surface area contributed by atoms with E-state index in [1.54, 1.807) is 12.1 Å². The van der Waals surface area contributed by atoms with Crippen LogP contribution in [0.4, 0.5) is 17.5 Å². The van der Waals surface area contributed by atoms with Gasteiger partial charge in [-0.05, 0) is 38.0 Å². The molecule has 0 spiro atoms. The molecular formula is C17H22Cl2N4. The van der Waals surface area contributed by atoms with Crippen LogP contribution in [0.1, 0.15) is 32.4 Å². The molecule has 0 saturated heterocycles. The molecule has 1 N–H and O–H groups in total. The predicted molar refractivity (Wildman–Crippen MR) is 99.3 cm³/mol. The van der Waals surface area contributed by atoms with Crippen LogP contribution in [-0.2, 0) is 0 Å². The van der Waals surface area contributed by atoms with Gasteiger partial charge in [-0.3, -0.25) is 0 Å². The molecule has 4 nitrogen and oxygen atoms in total. The van der Waals surface area contributed by atoms with Crippen molar-refractivity contribution in [3.8, 4) is 0 Å². The standard InChI is InChI=1S/C17H22Cl2N4/c1-4-8-23(9-5-2)17-20-12(3)10-16(22-17)21-13-6-7-14(18)15(19)11-13/h6-7,10-11H,4-5,8-9H2,1-3H3,(H,20,21,22). The maximum Gasteiger partial charge on any atom is 0.227 e. The summed E-state index contributed by atoms with van der Waals surface area (Å²) in [6.07, 6.45) is 2.12. The molecule has 2 rings (SSSR count). The summed E-state index contributed by atoms with van der Waals surface area (Å²) >= 11 is 12.0. The summed E-state index contributed by atoms with van der Waals surface area (Å²) in [5.74, 6) is 1.51. The largest absolute Gasteiger partial charge is 0.341 e. The first-order valence-corrected chi connectivity index (χ1v) is 8.61. The van der Waals surface area contributed by atoms with E-state index in [0.717, 1.165) is 49.1 Å². The average molecular weight is 353 g/mol. The van der Waals surface area contributed by atoms with Gasteiger partial charge < -0.3 is 10.2 Å². The van der Waals surface area contributed by atoms with Gasteiger partial charge in [-0.25, -0.2) is 4.98 Å². The van der Waals surface area contributed by atoms with E-state index < -0.39 is 0 Å². The van der Waals surface area contributed by atoms with Crippen molar-refractivity contribution in [3.05, 3.63) is 40.0 Å². The summed E-state index contributed by atoms with van der Waals surface area (Å²) in [7, 11) is 0. The van der Waals surface area contributed by atoms with Crippen molar-refractivity contribution in [2.75, 3.05) is 23.3 Å². The highest BCUT2D eigenvalue weighted by Gasteiger charge is 2.10. The van der Waals surface area contributed by atoms with Gasteiger partial charge in [0.25, 0.3) is 0 Å². The van der Waals surface area contributed by atoms with Crippen molar-refractivity contribution in [3.63, 3.8) is 0 Å². The van der Waals surface area contributed by atoms with Crippen LogP contribution in [0.25, 0.3) is 0 Å². The Bertz CT molecular complexity index is 655. The van der Waals surface area contributed by atoms with Crippen LogP contribution in [0, 0.1) is 6.92 Å². The predicted octanol–water partition coefficient (Wildman–Crippen LogP) is 5.46. The Morgan fingerprint density at radius 2 is 1.70 bits per heavy atom. The maximum atomic E-state index is 6.06. The van der Waals surface area contributed by atoms with Gasteiger partial charge in [0.05, 0.1) is 10.0 Å². The fraction of sp³-hybridized carbons (Fsp3) is 0.412. The van der Waals surface area contributed by atoms with Crippen molar-refractivity contribution < 1.29 is 0 Å². The molecule has 23 heavy (non-hydrogen) atoms. The zero-order valence-corrected chi connectivity index (χ0v) is 15.2. The van der Waals surface area contributed by atoms with Gasteiger partial charge in [-0.2, -0.15) is 4.98 Å². The van der Waals surface area contributed by atoms with Crippen molar-refractivity contribution in [2.45, 2.75) is 33.6 Å². The number of hydrogen-bond donors (Lipinski definition) is 1. The minimum Gasteiger partial charge on any atom is -0.341 e. The number of nitrogens with zero attached hydrogens (tertiary/aromatic N) is 3. The number of aryl methyl sites for hydroxylation is 1. The molecule has 0 saturated carbocycles. The van der Waals surface area contributed by atoms with E-state index in [4.69, 9.17) is 23.2 Å². The maximum absolute atomic E-state index is 6.06. The number of aromatic nitrogens is 2. The average Bonchev–Trinajstić information content (AvgIpc) is 2.50. The van der Waals surface area contributed by atoms with Gasteiger partial charge in [-0.1, -0.05) is 37.0 Å². The van der Waals surface area contributed by atoms with Crippen molar-refractivity contribution in [1.82, 2.24) is 9.97 Å². The molecule has 124 valence electrons. The second kappa shape index (κ2) is 8.37. The molecule has 0 aliphatic heterocycles. The highest BCUT2D eigenvalue weighted by atomic mass is 35.5. The third-order valence-electron chi connectivity index (χ3n) is 3.30. The first kappa shape index (κ1) is 17.8. The fourth-order valence-electron chi connectivity index (χ4n) is 2.33. The molecule has 1 aromatic heterocycles. The van der Waals surface area contributed by atoms with E-state index >= 15 is 0 Å². The molecule has 1 aromatic carbocycles. The molecule has 0 fully saturated rings. The molecule has 2 aromatic rings. The van der Waals surface area contributed by atoms with Gasteiger partial charge >= 0.3 is 0 Å². The zero-order valence-electron chi connectivity index (χ0n) is 13.7. The summed E-state index contributed by atoms with van der Waals surface area (Å²) in [4.78, 5) is 11.4. The molecule has 0 bridgehead atoms. The monoisotopic (exact) mass is 352 g/mol. The lowest BCUT2D eigenvalue weighted by Crippen LogP contribution is -2.27. The first-order valence-electron chi connectivity index (χ1n) is 7.86. The Morgan fingerprint density at radius 1 is 1.00 bits per heavy atom. The van der Waals surface area contributed by atoms with Gasteiger partial charge in [0.1, 0.15) is 5.82 Å². The molecule has 0 aliphatic rings. The summed E-state index contributed by atoms with van der Waals surface area (Å²) < 4.78 is 0. The highest BCUT2D eigenvalue weighted by Crippen LogP contribution is 2.27. The number of benzene rings is 1. The quantitative estimate of drug-likeness (QED) is 0.717. The first-order chi connectivity index (χ1) is 11.0. The number of rotatable bonds is 7. The topological polar surface area (TPSA) is 41.1 Å². The lowest BCUT2D eigenvalue weighted by molar-refractivity contribution is 0.720. The van der Waals surface area contributed by atoms with Gasteiger partial charge in [0, 0.05) is 30.5 Å². The van der Waals surface area contributed by atoms with E-state index in [-0.39, 0.29) is 0 Å². The third kappa shape index (κ3) is 4.98. The molecule has 0 unspecified atom stereocenters. The smallest absolute Gasteiger partial charge is 0.227 e. The number of halogens is 2. The van der Waals surface area contributed by atoms with Crippen molar-refractivity contribution >= 4 is 40.7 Å². The third-order valence-corrected chi connectivity index (χ3v) is 4.04. The van der Waals surface area contributed by atoms with Crippen molar-refractivity contribution in [2.24, 2.45) is 0 Å². The second-order valence-corrected chi connectivity index (χ2v) is 6.25. The van der Waals surface area contributed by atoms with Crippen LogP contribution in [0.15, 0.2) is 24.3 Å². The molecule has 0 aliphatic carbocycles. The fourth-order valence-corrected chi connectivity index (χ4v) is 2.63. The lowest BCUT2D eigenvalue weighted by Gasteiger charge is -2.22. The Hall–Kier alpha value is -1.52. The van der Waals surface area contributed by atoms with Crippen LogP contribution in [0.3, 0.4) is 0 Å². The van der Waals surface area contributed by atoms with Crippen LogP contribution >= 0.6 is 23.2 Å². The highest BCUT2D eigenvalue weighted by molar-refractivity contribution is 6.42. The summed E-state index contributed by atoms with van der Waals surface area (Å²) in [6.45, 7) is 8.19. The summed E-state index contributed by atoms with van der Waals surface area (Å²) in [6, 6.07) is 7.35. The van der Waals surface area contributed by atoms with E-state index in [2.05, 4.69) is 34.0 Å². The Morgan fingerprint density at radius 3 is 2.30 bits per heavy atom. The van der Waals surface area contributed by atoms with Gasteiger partial charge in [0.2, 0.25) is 5.95 Å². The molecule has 1 heterocycles. The van der Waals surface area contributed by atoms with E-state index in [1.165, 1.54) is 0 Å². The van der Waals surface area contributed by atoms with E-state index in [1.807, 2.05) is 19.1 Å². The van der Waals surface area contributed by atoms with Crippen LogP contribution in [0.2, 0.25) is 10.0 Å². The second-order valence-electron chi connectivity index (χ2n) is 5.44. The summed E-state index contributed by atoms with van der Waals surface area (Å²) in [5.41, 5.74) is 1.77. The summed E-state index contributed by atoms with van der Waals surface area (Å²) in [5, 5.41) is 4.32. The number of hydrogen-bond acceptors (Lipinski definition) is 4. The van der Waals surface area contributed by atoms with Gasteiger partial charge in [0.15, 0.2) is 0 Å². The Labute approximate surface area is 147 Å². The zero-order chi connectivity index (χ0) is 16.8. The minimum atomic E-state index is 0.515. The Kier molecular flexibility index (Phi) is 6.48. The van der Waals surface area contributed by atoms with Crippen LogP contribution in [0.5, 0.6) is 0 Å². The van der Waals surface area contributed by atoms with E-state index in [0.29, 0.717) is 10.0 Å². The molecule has 0 radical (unpaired) electrons. The van der Waals surface area contributed by atoms with Crippen molar-refractivity contribution in [1.29, 1.82) is 0 Å². The van der Waals surface area contributed by atoms with Gasteiger partial charge in [-0.15, -0.1) is 0 Å². The molecular weight excluding hydrogens is 331 g/mol. The minimum absolute atomic E-state index is 0.515. The van der Waals surface area contributed by atoms with E-state index in [9.17, 15) is 0 Å². The molecule has 6 heteroatoms. The van der Waals surface area contributed by atoms with Crippen LogP contribution in [-0.4, -0.2) is 23.1 Å². The van der Waals surface area contributed by atoms with Crippen LogP contribution < -0.4 is 10.2 Å². The SMILES string of the molecule is CCCN(CCC)c1nc(C)cc(Nc2ccc(Cl)c(Cl)c2)n1. The number of nitrogens with one attached hydrogen (secondary N) is 1. The molecule has 0 atom stereocenters. The number of anilines is 3. The lowest BCUT2D eigenvalue weighted by atomic mass is 10.3. The Balaban J connectivity index is 2.26. The normalized spacial score (nSPS) is 10.7. The molecule has 0 amide bonds.